The van der Waals surface area contributed by atoms with Gasteiger partial charge in [-0.2, -0.15) is 0 Å². The van der Waals surface area contributed by atoms with Gasteiger partial charge in [-0.1, -0.05) is 18.2 Å². The van der Waals surface area contributed by atoms with Gasteiger partial charge in [0.2, 0.25) is 0 Å². The molecular formula is C30H29NO5. The molecule has 0 saturated carbocycles. The number of benzene rings is 3. The topological polar surface area (TPSA) is 69.2 Å². The summed E-state index contributed by atoms with van der Waals surface area (Å²) in [6, 6.07) is 11.7. The summed E-state index contributed by atoms with van der Waals surface area (Å²) in [6.07, 6.45) is 4.28. The number of aryl methyl sites for hydroxylation is 1. The van der Waals surface area contributed by atoms with Gasteiger partial charge in [-0.3, -0.25) is 0 Å². The number of phenols is 1. The lowest BCUT2D eigenvalue weighted by Gasteiger charge is -2.35. The molecule has 3 aromatic carbocycles. The van der Waals surface area contributed by atoms with Crippen molar-refractivity contribution in [3.8, 4) is 34.1 Å². The number of hydrogen-bond acceptors (Lipinski definition) is 6. The summed E-state index contributed by atoms with van der Waals surface area (Å²) in [7, 11) is 1.56. The van der Waals surface area contributed by atoms with Gasteiger partial charge in [0.05, 0.1) is 24.8 Å². The lowest BCUT2D eigenvalue weighted by atomic mass is 9.82. The lowest BCUT2D eigenvalue weighted by Crippen LogP contribution is -2.32. The molecule has 2 N–H and O–H groups in total. The van der Waals surface area contributed by atoms with Crippen molar-refractivity contribution in [3.05, 3.63) is 70.3 Å². The van der Waals surface area contributed by atoms with Gasteiger partial charge in [0.1, 0.15) is 17.3 Å². The Morgan fingerprint density at radius 1 is 1.06 bits per heavy atom. The van der Waals surface area contributed by atoms with Crippen LogP contribution in [0.25, 0.3) is 28.5 Å². The van der Waals surface area contributed by atoms with Gasteiger partial charge in [-0.15, -0.1) is 0 Å². The van der Waals surface area contributed by atoms with Gasteiger partial charge in [0.15, 0.2) is 18.3 Å². The maximum absolute atomic E-state index is 10.6. The molecule has 0 unspecified atom stereocenters. The van der Waals surface area contributed by atoms with E-state index in [1.54, 1.807) is 19.2 Å². The zero-order valence-corrected chi connectivity index (χ0v) is 21.1. The van der Waals surface area contributed by atoms with Crippen LogP contribution in [0.1, 0.15) is 48.6 Å². The average molecular weight is 484 g/mol. The second kappa shape index (κ2) is 8.07. The largest absolute Gasteiger partial charge is 0.504 e. The van der Waals surface area contributed by atoms with Crippen LogP contribution in [0.2, 0.25) is 0 Å². The van der Waals surface area contributed by atoms with Crippen LogP contribution in [-0.2, 0) is 11.3 Å². The van der Waals surface area contributed by atoms with Gasteiger partial charge in [-0.25, -0.2) is 0 Å². The van der Waals surface area contributed by atoms with E-state index in [0.29, 0.717) is 23.9 Å². The van der Waals surface area contributed by atoms with Crippen LogP contribution in [-0.4, -0.2) is 24.5 Å². The van der Waals surface area contributed by atoms with Crippen LogP contribution >= 0.6 is 0 Å². The fraction of sp³-hybridized carbons (Fsp3) is 0.267. The normalized spacial score (nSPS) is 17.9. The Morgan fingerprint density at radius 3 is 2.69 bits per heavy atom. The third kappa shape index (κ3) is 3.52. The zero-order valence-electron chi connectivity index (χ0n) is 21.1. The van der Waals surface area contributed by atoms with E-state index in [4.69, 9.17) is 18.9 Å². The quantitative estimate of drug-likeness (QED) is 0.421. The molecule has 0 radical (unpaired) electrons. The van der Waals surface area contributed by atoms with Crippen LogP contribution in [0.3, 0.4) is 0 Å². The molecule has 0 fully saturated rings. The van der Waals surface area contributed by atoms with Crippen LogP contribution in [0.5, 0.6) is 23.0 Å². The molecule has 3 aliphatic heterocycles. The minimum atomic E-state index is -0.179. The van der Waals surface area contributed by atoms with E-state index in [1.165, 1.54) is 0 Å². The van der Waals surface area contributed by atoms with Gasteiger partial charge >= 0.3 is 0 Å². The predicted octanol–water partition coefficient (Wildman–Crippen LogP) is 6.74. The molecule has 36 heavy (non-hydrogen) atoms. The molecule has 6 heteroatoms. The molecule has 0 saturated heterocycles. The summed E-state index contributed by atoms with van der Waals surface area (Å²) in [5, 5.41) is 14.2. The Labute approximate surface area is 210 Å². The molecule has 184 valence electrons. The van der Waals surface area contributed by atoms with Crippen molar-refractivity contribution in [3.63, 3.8) is 0 Å². The van der Waals surface area contributed by atoms with E-state index in [1.807, 2.05) is 6.08 Å². The van der Waals surface area contributed by atoms with Crippen LogP contribution in [0.15, 0.2) is 42.5 Å². The molecule has 0 bridgehead atoms. The van der Waals surface area contributed by atoms with Crippen molar-refractivity contribution in [2.75, 3.05) is 19.2 Å². The Balaban J connectivity index is 1.66. The van der Waals surface area contributed by atoms with E-state index in [0.717, 1.165) is 56.0 Å². The number of nitrogens with one attached hydrogen (secondary N) is 1. The number of hydrogen-bond donors (Lipinski definition) is 2. The summed E-state index contributed by atoms with van der Waals surface area (Å²) in [5.74, 6) is 2.62. The number of phenolic OH excluding ortho intramolecular Hbond substituents is 1. The number of allylic oxidation sites excluding steroid dienone is 1. The van der Waals surface area contributed by atoms with E-state index in [9.17, 15) is 5.11 Å². The Morgan fingerprint density at radius 2 is 1.89 bits per heavy atom. The molecule has 0 spiro atoms. The minimum Gasteiger partial charge on any atom is -0.504 e. The monoisotopic (exact) mass is 483 g/mol. The Kier molecular flexibility index (Phi) is 5.05. The standard InChI is InChI=1S/C30H29NO5/c1-16-10-18(28-19(11-16)14-34-15-35-28)12-24-26-20(27-23(36-24)9-8-22(32)29(27)33-5)6-7-21-25(26)17(2)13-30(3,4)31-21/h6-13,31-32H,14-15H2,1-5H3/b24-12-. The number of methoxy groups -OCH3 is 1. The second-order valence-corrected chi connectivity index (χ2v) is 10.1. The lowest BCUT2D eigenvalue weighted by molar-refractivity contribution is -0.0165. The fourth-order valence-corrected chi connectivity index (χ4v) is 5.61. The SMILES string of the molecule is COc1c(O)ccc2c1-c1ccc3c(c1/C(=C/c1cc(C)cc4c1OCOC4)O2)C(C)=CC(C)(C)N3. The van der Waals surface area contributed by atoms with E-state index < -0.39 is 0 Å². The zero-order chi connectivity index (χ0) is 25.2. The molecule has 6 nitrogen and oxygen atoms in total. The predicted molar refractivity (Wildman–Crippen MR) is 141 cm³/mol. The number of aromatic hydroxyl groups is 1. The number of ether oxygens (including phenoxy) is 4. The fourth-order valence-electron chi connectivity index (χ4n) is 5.61. The maximum Gasteiger partial charge on any atom is 0.189 e. The van der Waals surface area contributed by atoms with Crippen molar-refractivity contribution in [1.29, 1.82) is 0 Å². The Bertz CT molecular complexity index is 1480. The van der Waals surface area contributed by atoms with Gasteiger partial charge in [0.25, 0.3) is 0 Å². The molecule has 0 atom stereocenters. The van der Waals surface area contributed by atoms with E-state index in [-0.39, 0.29) is 18.1 Å². The summed E-state index contributed by atoms with van der Waals surface area (Å²) >= 11 is 0. The smallest absolute Gasteiger partial charge is 0.189 e. The first-order valence-corrected chi connectivity index (χ1v) is 12.0. The molecule has 0 aromatic heterocycles. The van der Waals surface area contributed by atoms with Crippen molar-refractivity contribution in [2.45, 2.75) is 39.8 Å². The van der Waals surface area contributed by atoms with Crippen molar-refractivity contribution in [2.24, 2.45) is 0 Å². The molecule has 3 aromatic rings. The second-order valence-electron chi connectivity index (χ2n) is 10.1. The van der Waals surface area contributed by atoms with Crippen molar-refractivity contribution >= 4 is 23.1 Å². The van der Waals surface area contributed by atoms with Crippen LogP contribution < -0.4 is 19.5 Å². The highest BCUT2D eigenvalue weighted by molar-refractivity contribution is 6.02. The van der Waals surface area contributed by atoms with E-state index in [2.05, 4.69) is 63.4 Å². The first kappa shape index (κ1) is 22.6. The molecule has 0 amide bonds. The molecule has 6 rings (SSSR count). The van der Waals surface area contributed by atoms with Gasteiger partial charge in [-0.05, 0) is 69.2 Å². The maximum atomic E-state index is 10.6. The molecule has 3 heterocycles. The number of rotatable bonds is 2. The highest BCUT2D eigenvalue weighted by Gasteiger charge is 2.33. The molecular weight excluding hydrogens is 454 g/mol. The van der Waals surface area contributed by atoms with E-state index >= 15 is 0 Å². The summed E-state index contributed by atoms with van der Waals surface area (Å²) in [6.45, 7) is 9.24. The highest BCUT2D eigenvalue weighted by Crippen LogP contribution is 2.54. The van der Waals surface area contributed by atoms with Crippen molar-refractivity contribution in [1.82, 2.24) is 0 Å². The number of fused-ring (bicyclic) bond motifs is 6. The first-order chi connectivity index (χ1) is 17.3. The third-order valence-corrected chi connectivity index (χ3v) is 6.84. The first-order valence-electron chi connectivity index (χ1n) is 12.0. The van der Waals surface area contributed by atoms with Crippen LogP contribution in [0, 0.1) is 6.92 Å². The van der Waals surface area contributed by atoms with Crippen molar-refractivity contribution < 1.29 is 24.1 Å². The summed E-state index contributed by atoms with van der Waals surface area (Å²) in [4.78, 5) is 0. The molecule has 0 aliphatic carbocycles. The van der Waals surface area contributed by atoms with Gasteiger partial charge < -0.3 is 29.4 Å². The summed E-state index contributed by atoms with van der Waals surface area (Å²) < 4.78 is 23.7. The van der Waals surface area contributed by atoms with Crippen LogP contribution in [0.4, 0.5) is 5.69 Å². The average Bonchev–Trinajstić information content (AvgIpc) is 2.83. The summed E-state index contributed by atoms with van der Waals surface area (Å²) in [5.41, 5.74) is 8.77. The number of anilines is 1. The minimum absolute atomic E-state index is 0.0728. The van der Waals surface area contributed by atoms with Gasteiger partial charge in [0, 0.05) is 33.5 Å². The molecule has 3 aliphatic rings. The third-order valence-electron chi connectivity index (χ3n) is 6.84. The Hall–Kier alpha value is -3.90. The highest BCUT2D eigenvalue weighted by atomic mass is 16.7.